The molecule has 0 spiro atoms. The van der Waals surface area contributed by atoms with E-state index in [0.29, 0.717) is 0 Å². The van der Waals surface area contributed by atoms with Crippen LogP contribution in [0.15, 0.2) is 30.3 Å². The van der Waals surface area contributed by atoms with Crippen LogP contribution < -0.4 is 0 Å². The van der Waals surface area contributed by atoms with Gasteiger partial charge >= 0.3 is 0 Å². The van der Waals surface area contributed by atoms with Gasteiger partial charge in [-0.15, -0.1) is 0 Å². The van der Waals surface area contributed by atoms with E-state index in [1.165, 1.54) is 0 Å². The van der Waals surface area contributed by atoms with Crippen molar-refractivity contribution in [1.29, 1.82) is 0 Å². The summed E-state index contributed by atoms with van der Waals surface area (Å²) in [6.45, 7) is 0.253. The molecule has 1 atom stereocenters. The Balaban J connectivity index is 2.90. The van der Waals surface area contributed by atoms with E-state index < -0.39 is 19.2 Å². The zero-order valence-electron chi connectivity index (χ0n) is 10.0. The van der Waals surface area contributed by atoms with Gasteiger partial charge in [-0.3, -0.25) is 0 Å². The molecule has 0 heterocycles. The third-order valence-corrected chi connectivity index (χ3v) is 1.55. The van der Waals surface area contributed by atoms with Crippen LogP contribution in [0.25, 0.3) is 0 Å². The van der Waals surface area contributed by atoms with E-state index in [2.05, 4.69) is 0 Å². The lowest BCUT2D eigenvalue weighted by atomic mass is 9.99. The predicted octanol–water partition coefficient (Wildman–Crippen LogP) is 3.20. The third kappa shape index (κ3) is 1.60. The Kier molecular flexibility index (Phi) is 1.21. The number of benzene rings is 1. The first-order valence-corrected chi connectivity index (χ1v) is 3.35. The number of rotatable bonds is 2. The van der Waals surface area contributed by atoms with Crippen LogP contribution in [0.3, 0.4) is 0 Å². The van der Waals surface area contributed by atoms with Gasteiger partial charge in [0, 0.05) is 5.48 Å². The van der Waals surface area contributed by atoms with Gasteiger partial charge in [-0.05, 0) is 17.9 Å². The van der Waals surface area contributed by atoms with Gasteiger partial charge in [0.05, 0.1) is 0 Å². The number of hydrogen-bond acceptors (Lipinski definition) is 0. The molecule has 0 aliphatic heterocycles. The SMILES string of the molecule is [2H]C([2H])C([2H])([2H])C(C)c1ccccc1. The highest BCUT2D eigenvalue weighted by molar-refractivity contribution is 5.18. The van der Waals surface area contributed by atoms with Crippen LogP contribution in [0.4, 0.5) is 0 Å². The molecule has 0 N–H and O–H groups in total. The molecular weight excluding hydrogens is 120 g/mol. The molecular formula is C10H14. The van der Waals surface area contributed by atoms with Crippen LogP contribution in [-0.2, 0) is 0 Å². The van der Waals surface area contributed by atoms with E-state index >= 15 is 0 Å². The van der Waals surface area contributed by atoms with Crippen LogP contribution >= 0.6 is 0 Å². The molecule has 0 nitrogen and oxygen atoms in total. The lowest BCUT2D eigenvalue weighted by molar-refractivity contribution is 0.733. The van der Waals surface area contributed by atoms with Gasteiger partial charge < -0.3 is 0 Å². The fourth-order valence-corrected chi connectivity index (χ4v) is 0.838. The number of hydrogen-bond donors (Lipinski definition) is 0. The molecule has 1 rings (SSSR count). The van der Waals surface area contributed by atoms with Crippen LogP contribution in [0.2, 0.25) is 0 Å². The summed E-state index contributed by atoms with van der Waals surface area (Å²) < 4.78 is 29.5. The van der Waals surface area contributed by atoms with Crippen molar-refractivity contribution in [1.82, 2.24) is 0 Å². The molecule has 0 aliphatic carbocycles. The highest BCUT2D eigenvalue weighted by atomic mass is 14.0. The fourth-order valence-electron chi connectivity index (χ4n) is 0.838. The quantitative estimate of drug-likeness (QED) is 0.588. The minimum absolute atomic E-state index is 0.427. The Morgan fingerprint density at radius 2 is 2.20 bits per heavy atom. The molecule has 0 saturated carbocycles. The van der Waals surface area contributed by atoms with Crippen LogP contribution in [0, 0.1) is 0 Å². The van der Waals surface area contributed by atoms with Crippen molar-refractivity contribution < 1.29 is 5.48 Å². The van der Waals surface area contributed by atoms with E-state index in [0.717, 1.165) is 5.56 Å². The van der Waals surface area contributed by atoms with E-state index in [1.54, 1.807) is 6.92 Å². The van der Waals surface area contributed by atoms with Gasteiger partial charge in [0.15, 0.2) is 0 Å². The van der Waals surface area contributed by atoms with Crippen molar-refractivity contribution in [3.63, 3.8) is 0 Å². The summed E-state index contributed by atoms with van der Waals surface area (Å²) >= 11 is 0. The highest BCUT2D eigenvalue weighted by Crippen LogP contribution is 2.16. The molecule has 54 valence electrons. The molecule has 0 amide bonds. The second kappa shape index (κ2) is 3.40. The Hall–Kier alpha value is -0.780. The van der Waals surface area contributed by atoms with Crippen LogP contribution in [0.1, 0.15) is 37.1 Å². The monoisotopic (exact) mass is 138 g/mol. The second-order valence-electron chi connectivity index (χ2n) is 2.30. The summed E-state index contributed by atoms with van der Waals surface area (Å²) in [5.74, 6) is -0.427. The minimum Gasteiger partial charge on any atom is -0.0648 e. The normalized spacial score (nSPS) is 20.6. The third-order valence-electron chi connectivity index (χ3n) is 1.55. The molecule has 1 unspecified atom stereocenters. The Morgan fingerprint density at radius 1 is 1.50 bits per heavy atom. The van der Waals surface area contributed by atoms with Crippen molar-refractivity contribution in [3.8, 4) is 0 Å². The van der Waals surface area contributed by atoms with Crippen molar-refractivity contribution in [2.24, 2.45) is 0 Å². The maximum Gasteiger partial charge on any atom is 0.0270 e. The molecule has 0 saturated heterocycles. The van der Waals surface area contributed by atoms with Gasteiger partial charge in [-0.2, -0.15) is 0 Å². The fraction of sp³-hybridized carbons (Fsp3) is 0.400. The second-order valence-corrected chi connectivity index (χ2v) is 2.30. The zero-order valence-corrected chi connectivity index (χ0v) is 6.04. The Labute approximate surface area is 68.5 Å². The Bertz CT molecular complexity index is 281. The summed E-state index contributed by atoms with van der Waals surface area (Å²) in [6, 6.07) is 9.19. The van der Waals surface area contributed by atoms with Crippen molar-refractivity contribution in [2.45, 2.75) is 26.1 Å². The van der Waals surface area contributed by atoms with Gasteiger partial charge in [0.2, 0.25) is 0 Å². The largest absolute Gasteiger partial charge is 0.0648 e. The predicted molar refractivity (Wildman–Crippen MR) is 45.1 cm³/mol. The van der Waals surface area contributed by atoms with E-state index in [1.807, 2.05) is 30.3 Å². The Morgan fingerprint density at radius 3 is 2.80 bits per heavy atom. The molecule has 1 aromatic carbocycles. The minimum atomic E-state index is -1.80. The average molecular weight is 138 g/mol. The van der Waals surface area contributed by atoms with Gasteiger partial charge in [0.1, 0.15) is 0 Å². The van der Waals surface area contributed by atoms with Gasteiger partial charge in [-0.1, -0.05) is 44.1 Å². The standard InChI is InChI=1S/C10H14/c1-3-9(2)10-7-5-4-6-8-10/h4-9H,3H2,1-2H3/i1D2,3D2. The molecule has 10 heavy (non-hydrogen) atoms. The molecule has 0 fully saturated rings. The van der Waals surface area contributed by atoms with Crippen molar-refractivity contribution in [2.75, 3.05) is 0 Å². The van der Waals surface area contributed by atoms with Crippen molar-refractivity contribution >= 4 is 0 Å². The molecule has 1 aromatic rings. The maximum absolute atomic E-state index is 7.62. The van der Waals surface area contributed by atoms with Gasteiger partial charge in [0.25, 0.3) is 0 Å². The van der Waals surface area contributed by atoms with E-state index in [4.69, 9.17) is 5.48 Å². The first-order chi connectivity index (χ1) is 6.46. The first kappa shape index (κ1) is 3.56. The zero-order chi connectivity index (χ0) is 10.8. The van der Waals surface area contributed by atoms with Gasteiger partial charge in [-0.25, -0.2) is 0 Å². The molecule has 0 bridgehead atoms. The highest BCUT2D eigenvalue weighted by Gasteiger charge is 1.98. The molecule has 0 aromatic heterocycles. The summed E-state index contributed by atoms with van der Waals surface area (Å²) in [4.78, 5) is 0. The maximum atomic E-state index is 7.62. The van der Waals surface area contributed by atoms with Crippen LogP contribution in [-0.4, -0.2) is 0 Å². The molecule has 0 radical (unpaired) electrons. The van der Waals surface area contributed by atoms with Crippen LogP contribution in [0.5, 0.6) is 0 Å². The first-order valence-electron chi connectivity index (χ1n) is 5.51. The summed E-state index contributed by atoms with van der Waals surface area (Å²) in [6.07, 6.45) is -1.80. The average Bonchev–Trinajstić information content (AvgIpc) is 2.17. The van der Waals surface area contributed by atoms with Crippen molar-refractivity contribution in [3.05, 3.63) is 35.9 Å². The van der Waals surface area contributed by atoms with E-state index in [-0.39, 0.29) is 0 Å². The topological polar surface area (TPSA) is 0 Å². The lowest BCUT2D eigenvalue weighted by Gasteiger charge is -2.06. The smallest absolute Gasteiger partial charge is 0.0270 e. The molecule has 0 heteroatoms. The summed E-state index contributed by atoms with van der Waals surface area (Å²) in [5, 5.41) is 0. The summed E-state index contributed by atoms with van der Waals surface area (Å²) in [5.41, 5.74) is 0.835. The lowest BCUT2D eigenvalue weighted by Crippen LogP contribution is -1.88. The summed E-state index contributed by atoms with van der Waals surface area (Å²) in [7, 11) is 0. The molecule has 0 aliphatic rings. The van der Waals surface area contributed by atoms with E-state index in [9.17, 15) is 0 Å².